The van der Waals surface area contributed by atoms with E-state index in [4.69, 9.17) is 18.9 Å². The molecule has 0 aliphatic heterocycles. The van der Waals surface area contributed by atoms with Gasteiger partial charge in [0.15, 0.2) is 6.61 Å². The topological polar surface area (TPSA) is 91.4 Å². The van der Waals surface area contributed by atoms with Crippen molar-refractivity contribution in [2.75, 3.05) is 39.5 Å². The van der Waals surface area contributed by atoms with Gasteiger partial charge < -0.3 is 18.9 Å². The number of esters is 3. The Balaban J connectivity index is 2.84. The highest BCUT2D eigenvalue weighted by Gasteiger charge is 2.18. The summed E-state index contributed by atoms with van der Waals surface area (Å²) < 4.78 is 20.3. The second-order valence-corrected chi connectivity index (χ2v) is 5.46. The van der Waals surface area contributed by atoms with Gasteiger partial charge in [0.1, 0.15) is 5.75 Å². The summed E-state index contributed by atoms with van der Waals surface area (Å²) >= 11 is 0. The van der Waals surface area contributed by atoms with Crippen LogP contribution in [0.2, 0.25) is 0 Å². The van der Waals surface area contributed by atoms with Crippen molar-refractivity contribution in [1.82, 2.24) is 4.90 Å². The lowest BCUT2D eigenvalue weighted by Crippen LogP contribution is -2.35. The first-order valence-electron chi connectivity index (χ1n) is 8.90. The van der Waals surface area contributed by atoms with Gasteiger partial charge in [0.05, 0.1) is 32.9 Å². The molecule has 0 bridgehead atoms. The summed E-state index contributed by atoms with van der Waals surface area (Å²) in [7, 11) is 0. The lowest BCUT2D eigenvalue weighted by molar-refractivity contribution is -0.148. The minimum Gasteiger partial charge on any atom is -0.482 e. The highest BCUT2D eigenvalue weighted by Crippen LogP contribution is 2.20. The van der Waals surface area contributed by atoms with Crippen LogP contribution in [0.25, 0.3) is 0 Å². The van der Waals surface area contributed by atoms with Crippen molar-refractivity contribution in [3.8, 4) is 5.75 Å². The molecule has 1 aromatic rings. The summed E-state index contributed by atoms with van der Waals surface area (Å²) in [6.45, 7) is 5.81. The van der Waals surface area contributed by atoms with E-state index in [-0.39, 0.29) is 46.1 Å². The highest BCUT2D eigenvalue weighted by molar-refractivity contribution is 5.75. The predicted octanol–water partition coefficient (Wildman–Crippen LogP) is 1.56. The Kier molecular flexibility index (Phi) is 10.5. The highest BCUT2D eigenvalue weighted by atomic mass is 16.6. The predicted molar refractivity (Wildman–Crippen MR) is 97.1 cm³/mol. The number of benzene rings is 1. The molecule has 8 nitrogen and oxygen atoms in total. The Morgan fingerprint density at radius 1 is 0.815 bits per heavy atom. The van der Waals surface area contributed by atoms with Gasteiger partial charge in [-0.15, -0.1) is 0 Å². The van der Waals surface area contributed by atoms with E-state index in [2.05, 4.69) is 0 Å². The summed E-state index contributed by atoms with van der Waals surface area (Å²) in [6, 6.07) is 7.08. The normalized spacial score (nSPS) is 10.4. The third kappa shape index (κ3) is 9.05. The molecule has 0 aliphatic carbocycles. The number of hydrogen-bond acceptors (Lipinski definition) is 8. The van der Waals surface area contributed by atoms with E-state index in [0.29, 0.717) is 5.75 Å². The maximum Gasteiger partial charge on any atom is 0.344 e. The number of rotatable bonds is 12. The van der Waals surface area contributed by atoms with Crippen molar-refractivity contribution < 1.29 is 33.3 Å². The van der Waals surface area contributed by atoms with Crippen molar-refractivity contribution in [1.29, 1.82) is 0 Å². The van der Waals surface area contributed by atoms with Crippen LogP contribution in [0.3, 0.4) is 0 Å². The molecule has 0 heterocycles. The third-order valence-electron chi connectivity index (χ3n) is 3.33. The number of para-hydroxylation sites is 1. The Morgan fingerprint density at radius 3 is 1.89 bits per heavy atom. The molecule has 0 saturated heterocycles. The first-order valence-corrected chi connectivity index (χ1v) is 8.90. The van der Waals surface area contributed by atoms with Crippen LogP contribution in [0.1, 0.15) is 26.3 Å². The summed E-state index contributed by atoms with van der Waals surface area (Å²) in [4.78, 5) is 36.8. The lowest BCUT2D eigenvalue weighted by atomic mass is 10.2. The Morgan fingerprint density at radius 2 is 1.33 bits per heavy atom. The number of carbonyl (C=O) groups is 3. The lowest BCUT2D eigenvalue weighted by Gasteiger charge is -2.21. The van der Waals surface area contributed by atoms with Gasteiger partial charge in [-0.05, 0) is 26.8 Å². The van der Waals surface area contributed by atoms with Gasteiger partial charge in [-0.1, -0.05) is 18.2 Å². The number of nitrogens with zero attached hydrogens (tertiary/aromatic N) is 1. The molecular formula is C19H27NO7. The molecule has 0 atom stereocenters. The van der Waals surface area contributed by atoms with Gasteiger partial charge in [0.2, 0.25) is 0 Å². The third-order valence-corrected chi connectivity index (χ3v) is 3.33. The second-order valence-electron chi connectivity index (χ2n) is 5.46. The zero-order valence-electron chi connectivity index (χ0n) is 16.1. The molecule has 0 N–H and O–H groups in total. The maximum absolute atomic E-state index is 11.8. The summed E-state index contributed by atoms with van der Waals surface area (Å²) in [5, 5.41) is 0. The molecule has 0 spiro atoms. The first kappa shape index (κ1) is 22.4. The maximum atomic E-state index is 11.8. The molecule has 0 aliphatic rings. The monoisotopic (exact) mass is 381 g/mol. The average Bonchev–Trinajstić information content (AvgIpc) is 2.61. The van der Waals surface area contributed by atoms with Crippen LogP contribution >= 0.6 is 0 Å². The van der Waals surface area contributed by atoms with E-state index in [1.807, 2.05) is 0 Å². The molecule has 1 aromatic carbocycles. The van der Waals surface area contributed by atoms with Crippen LogP contribution in [-0.2, 0) is 35.1 Å². The Hall–Kier alpha value is -2.61. The van der Waals surface area contributed by atoms with Crippen LogP contribution in [-0.4, -0.2) is 62.3 Å². The van der Waals surface area contributed by atoms with E-state index in [1.54, 1.807) is 49.9 Å². The van der Waals surface area contributed by atoms with Gasteiger partial charge in [-0.2, -0.15) is 0 Å². The molecule has 150 valence electrons. The summed E-state index contributed by atoms with van der Waals surface area (Å²) in [5.74, 6) is -0.871. The zero-order valence-corrected chi connectivity index (χ0v) is 16.1. The zero-order chi connectivity index (χ0) is 20.1. The molecule has 0 fully saturated rings. The van der Waals surface area contributed by atoms with Gasteiger partial charge in [0, 0.05) is 12.1 Å². The molecule has 0 aromatic heterocycles. The molecule has 0 saturated carbocycles. The van der Waals surface area contributed by atoms with Crippen LogP contribution in [0.4, 0.5) is 0 Å². The minimum absolute atomic E-state index is 0.0706. The van der Waals surface area contributed by atoms with Crippen molar-refractivity contribution >= 4 is 17.9 Å². The molecule has 0 unspecified atom stereocenters. The van der Waals surface area contributed by atoms with E-state index in [0.717, 1.165) is 5.56 Å². The van der Waals surface area contributed by atoms with Gasteiger partial charge in [-0.3, -0.25) is 14.5 Å². The van der Waals surface area contributed by atoms with Crippen molar-refractivity contribution in [2.45, 2.75) is 27.3 Å². The van der Waals surface area contributed by atoms with Gasteiger partial charge in [-0.25, -0.2) is 4.79 Å². The van der Waals surface area contributed by atoms with Crippen LogP contribution in [0.5, 0.6) is 5.75 Å². The van der Waals surface area contributed by atoms with Crippen LogP contribution in [0.15, 0.2) is 24.3 Å². The fourth-order valence-electron chi connectivity index (χ4n) is 2.30. The first-order chi connectivity index (χ1) is 13.0. The largest absolute Gasteiger partial charge is 0.482 e. The van der Waals surface area contributed by atoms with Gasteiger partial charge in [0.25, 0.3) is 0 Å². The molecule has 0 radical (unpaired) electrons. The fourth-order valence-corrected chi connectivity index (χ4v) is 2.30. The van der Waals surface area contributed by atoms with Crippen molar-refractivity contribution in [3.05, 3.63) is 29.8 Å². The molecular weight excluding hydrogens is 354 g/mol. The van der Waals surface area contributed by atoms with Gasteiger partial charge >= 0.3 is 17.9 Å². The summed E-state index contributed by atoms with van der Waals surface area (Å²) in [6.07, 6.45) is 0. The van der Waals surface area contributed by atoms with Crippen LogP contribution < -0.4 is 4.74 Å². The standard InChI is InChI=1S/C19H27NO7/c1-4-24-17(21)12-20(13-18(22)25-5-2)11-15-9-7-8-10-16(15)27-14-19(23)26-6-3/h7-10H,4-6,11-14H2,1-3H3. The quantitative estimate of drug-likeness (QED) is 0.398. The number of ether oxygens (including phenoxy) is 4. The van der Waals surface area contributed by atoms with Crippen LogP contribution in [0, 0.1) is 0 Å². The van der Waals surface area contributed by atoms with E-state index in [9.17, 15) is 14.4 Å². The molecule has 0 amide bonds. The fraction of sp³-hybridized carbons (Fsp3) is 0.526. The minimum atomic E-state index is -0.470. The average molecular weight is 381 g/mol. The van der Waals surface area contributed by atoms with E-state index < -0.39 is 17.9 Å². The van der Waals surface area contributed by atoms with Crippen molar-refractivity contribution in [3.63, 3.8) is 0 Å². The second kappa shape index (κ2) is 12.7. The van der Waals surface area contributed by atoms with Crippen molar-refractivity contribution in [2.24, 2.45) is 0 Å². The summed E-state index contributed by atoms with van der Waals surface area (Å²) in [5.41, 5.74) is 0.718. The van der Waals surface area contributed by atoms with E-state index >= 15 is 0 Å². The van der Waals surface area contributed by atoms with E-state index in [1.165, 1.54) is 0 Å². The Bertz CT molecular complexity index is 598. The molecule has 27 heavy (non-hydrogen) atoms. The molecule has 8 heteroatoms. The number of hydrogen-bond donors (Lipinski definition) is 0. The smallest absolute Gasteiger partial charge is 0.344 e. The Labute approximate surface area is 159 Å². The SMILES string of the molecule is CCOC(=O)COc1ccccc1CN(CC(=O)OCC)CC(=O)OCC. The number of carbonyl (C=O) groups excluding carboxylic acids is 3. The molecule has 1 rings (SSSR count).